The fraction of sp³-hybridized carbons (Fsp3) is 0.545. The molecule has 0 spiro atoms. The largest absolute Gasteiger partial charge is 0.504 e. The lowest BCUT2D eigenvalue weighted by Crippen LogP contribution is -2.38. The highest BCUT2D eigenvalue weighted by atomic mass is 16.3. The van der Waals surface area contributed by atoms with Gasteiger partial charge in [-0.05, 0) is 26.0 Å². The molecule has 0 bridgehead atoms. The molecule has 2 rings (SSSR count). The summed E-state index contributed by atoms with van der Waals surface area (Å²) < 4.78 is 2.12. The molecule has 1 aliphatic heterocycles. The lowest BCUT2D eigenvalue weighted by molar-refractivity contribution is -0.700. The van der Waals surface area contributed by atoms with E-state index in [1.54, 1.807) is 12.2 Å². The molecule has 0 radical (unpaired) electrons. The summed E-state index contributed by atoms with van der Waals surface area (Å²) in [7, 11) is 1.99. The Bertz CT molecular complexity index is 369. The predicted octanol–water partition coefficient (Wildman–Crippen LogP) is 1.22. The van der Waals surface area contributed by atoms with Crippen LogP contribution >= 0.6 is 0 Å². The van der Waals surface area contributed by atoms with E-state index < -0.39 is 0 Å². The number of hydrogen-bond acceptors (Lipinski definition) is 3. The van der Waals surface area contributed by atoms with Crippen molar-refractivity contribution in [3.63, 3.8) is 0 Å². The molecule has 2 unspecified atom stereocenters. The summed E-state index contributed by atoms with van der Waals surface area (Å²) in [4.78, 5) is 0. The maximum Gasteiger partial charge on any atom is 0.180 e. The number of fused-ring (bicyclic) bond motifs is 1. The van der Waals surface area contributed by atoms with Gasteiger partial charge in [0.05, 0.1) is 13.0 Å². The fourth-order valence-electron chi connectivity index (χ4n) is 2.18. The molecule has 15 heavy (non-hydrogen) atoms. The van der Waals surface area contributed by atoms with Gasteiger partial charge in [-0.15, -0.1) is 4.68 Å². The predicted molar refractivity (Wildman–Crippen MR) is 57.9 cm³/mol. The molecule has 2 aliphatic rings. The van der Waals surface area contributed by atoms with Crippen LogP contribution in [-0.2, 0) is 0 Å². The highest BCUT2D eigenvalue weighted by molar-refractivity contribution is 5.63. The highest BCUT2D eigenvalue weighted by Gasteiger charge is 2.40. The van der Waals surface area contributed by atoms with Gasteiger partial charge in [0.15, 0.2) is 23.8 Å². The molecule has 2 atom stereocenters. The Balaban J connectivity index is 2.32. The third-order valence-corrected chi connectivity index (χ3v) is 2.99. The van der Waals surface area contributed by atoms with E-state index in [1.807, 2.05) is 7.05 Å². The van der Waals surface area contributed by atoms with Crippen LogP contribution in [-0.4, -0.2) is 45.3 Å². The molecule has 0 amide bonds. The second-order valence-electron chi connectivity index (χ2n) is 4.37. The van der Waals surface area contributed by atoms with Crippen LogP contribution in [0.2, 0.25) is 0 Å². The number of likely N-dealkylation sites (N-methyl/N-ethyl adjacent to an activating group) is 1. The van der Waals surface area contributed by atoms with Crippen molar-refractivity contribution in [2.75, 3.05) is 7.05 Å². The van der Waals surface area contributed by atoms with E-state index in [0.717, 1.165) is 0 Å². The average molecular weight is 209 g/mol. The van der Waals surface area contributed by atoms with Gasteiger partial charge in [0.2, 0.25) is 0 Å². The molecule has 0 saturated carbocycles. The van der Waals surface area contributed by atoms with Crippen LogP contribution in [0.4, 0.5) is 0 Å². The van der Waals surface area contributed by atoms with E-state index in [-0.39, 0.29) is 23.5 Å². The minimum absolute atomic E-state index is 0.0218. The second-order valence-corrected chi connectivity index (χ2v) is 4.37. The van der Waals surface area contributed by atoms with Gasteiger partial charge >= 0.3 is 0 Å². The summed E-state index contributed by atoms with van der Waals surface area (Å²) in [5.41, 5.74) is 0. The maximum atomic E-state index is 9.45. The van der Waals surface area contributed by atoms with Gasteiger partial charge in [-0.1, -0.05) is 0 Å². The third kappa shape index (κ3) is 1.50. The number of hydrogen-bond donors (Lipinski definition) is 2. The number of hydrazone groups is 1. The molecule has 4 heteroatoms. The molecule has 1 heterocycles. The third-order valence-electron chi connectivity index (χ3n) is 2.99. The molecule has 82 valence electrons. The smallest absolute Gasteiger partial charge is 0.180 e. The molecule has 0 saturated heterocycles. The second kappa shape index (κ2) is 3.29. The van der Waals surface area contributed by atoms with Gasteiger partial charge in [0.1, 0.15) is 6.04 Å². The van der Waals surface area contributed by atoms with Crippen molar-refractivity contribution in [2.24, 2.45) is 5.92 Å². The Morgan fingerprint density at radius 3 is 2.47 bits per heavy atom. The summed E-state index contributed by atoms with van der Waals surface area (Å²) in [6, 6.07) is 0.495. The molecular formula is C11H17N2O2+. The molecule has 0 aromatic rings. The molecule has 0 aromatic heterocycles. The van der Waals surface area contributed by atoms with E-state index in [0.29, 0.717) is 6.04 Å². The van der Waals surface area contributed by atoms with Crippen LogP contribution in [0.3, 0.4) is 0 Å². The SMILES string of the molecule is CC(C)[N+]1=CC2C=C(O)C(O)=CC2N1C. The highest BCUT2D eigenvalue weighted by Crippen LogP contribution is 2.27. The van der Waals surface area contributed by atoms with Gasteiger partial charge in [-0.2, -0.15) is 5.01 Å². The first-order chi connectivity index (χ1) is 7.00. The normalized spacial score (nSPS) is 29.9. The van der Waals surface area contributed by atoms with Crippen LogP contribution < -0.4 is 0 Å². The topological polar surface area (TPSA) is 46.7 Å². The zero-order valence-corrected chi connectivity index (χ0v) is 9.25. The number of nitrogens with zero attached hydrogens (tertiary/aromatic N) is 2. The summed E-state index contributed by atoms with van der Waals surface area (Å²) in [6.07, 6.45) is 5.46. The first-order valence-corrected chi connectivity index (χ1v) is 5.18. The quantitative estimate of drug-likeness (QED) is 0.638. The summed E-state index contributed by atoms with van der Waals surface area (Å²) in [6.45, 7) is 4.22. The van der Waals surface area contributed by atoms with E-state index in [2.05, 4.69) is 29.8 Å². The van der Waals surface area contributed by atoms with Crippen molar-refractivity contribution < 1.29 is 14.9 Å². The van der Waals surface area contributed by atoms with E-state index in [1.165, 1.54) is 0 Å². The molecule has 0 aromatic carbocycles. The Hall–Kier alpha value is -1.45. The number of hydrazine groups is 1. The lowest BCUT2D eigenvalue weighted by Gasteiger charge is -2.22. The van der Waals surface area contributed by atoms with Crippen molar-refractivity contribution in [2.45, 2.75) is 25.9 Å². The zero-order valence-electron chi connectivity index (χ0n) is 9.25. The van der Waals surface area contributed by atoms with Gasteiger partial charge in [0, 0.05) is 0 Å². The Labute approximate surface area is 89.4 Å². The molecule has 4 nitrogen and oxygen atoms in total. The molecule has 2 N–H and O–H groups in total. The summed E-state index contributed by atoms with van der Waals surface area (Å²) in [5, 5.41) is 21.0. The Morgan fingerprint density at radius 2 is 1.87 bits per heavy atom. The van der Waals surface area contributed by atoms with Crippen molar-refractivity contribution in [1.82, 2.24) is 5.01 Å². The number of rotatable bonds is 1. The van der Waals surface area contributed by atoms with E-state index in [9.17, 15) is 10.2 Å². The van der Waals surface area contributed by atoms with E-state index in [4.69, 9.17) is 0 Å². The minimum atomic E-state index is -0.0258. The monoisotopic (exact) mass is 209 g/mol. The first-order valence-electron chi connectivity index (χ1n) is 5.18. The Morgan fingerprint density at radius 1 is 1.27 bits per heavy atom. The summed E-state index contributed by atoms with van der Waals surface area (Å²) >= 11 is 0. The average Bonchev–Trinajstić information content (AvgIpc) is 2.46. The summed E-state index contributed by atoms with van der Waals surface area (Å²) in [5.74, 6) is 0.0990. The van der Waals surface area contributed by atoms with Crippen LogP contribution in [0, 0.1) is 5.92 Å². The number of aliphatic hydroxyl groups excluding tert-OH is 2. The molecule has 0 fully saturated rings. The van der Waals surface area contributed by atoms with Crippen molar-refractivity contribution >= 4 is 6.21 Å². The van der Waals surface area contributed by atoms with E-state index >= 15 is 0 Å². The van der Waals surface area contributed by atoms with Gasteiger partial charge in [-0.3, -0.25) is 0 Å². The van der Waals surface area contributed by atoms with Crippen LogP contribution in [0.15, 0.2) is 23.7 Å². The molecule has 1 aliphatic carbocycles. The van der Waals surface area contributed by atoms with Crippen LogP contribution in [0.5, 0.6) is 0 Å². The van der Waals surface area contributed by atoms with Crippen molar-refractivity contribution in [3.05, 3.63) is 23.7 Å². The van der Waals surface area contributed by atoms with Gasteiger partial charge in [-0.25, -0.2) is 0 Å². The minimum Gasteiger partial charge on any atom is -0.504 e. The lowest BCUT2D eigenvalue weighted by atomic mass is 9.95. The standard InChI is InChI=1S/C11H16N2O2/c1-7(2)13-6-8-4-10(14)11(15)5-9(8)12(13)3/h4-9H,1-3H3,(H-,14,15)/p+1. The van der Waals surface area contributed by atoms with Gasteiger partial charge in [0.25, 0.3) is 0 Å². The Kier molecular flexibility index (Phi) is 2.21. The van der Waals surface area contributed by atoms with Crippen molar-refractivity contribution in [1.29, 1.82) is 0 Å². The van der Waals surface area contributed by atoms with Crippen molar-refractivity contribution in [3.8, 4) is 0 Å². The molecular weight excluding hydrogens is 192 g/mol. The van der Waals surface area contributed by atoms with Crippen LogP contribution in [0.1, 0.15) is 13.8 Å². The zero-order chi connectivity index (χ0) is 11.2. The maximum absolute atomic E-state index is 9.45. The van der Waals surface area contributed by atoms with Gasteiger partial charge < -0.3 is 10.2 Å². The first kappa shape index (κ1) is 10.1. The number of aliphatic hydroxyl groups is 2. The fourth-order valence-corrected chi connectivity index (χ4v) is 2.18. The van der Waals surface area contributed by atoms with Crippen LogP contribution in [0.25, 0.3) is 0 Å².